The van der Waals surface area contributed by atoms with Crippen molar-refractivity contribution in [3.05, 3.63) is 65.5 Å². The molecule has 2 heterocycles. The van der Waals surface area contributed by atoms with Crippen molar-refractivity contribution in [3.8, 4) is 0 Å². The number of benzene rings is 2. The maximum atomic E-state index is 12.7. The minimum absolute atomic E-state index is 0.0445. The Bertz CT molecular complexity index is 930. The molecule has 6 nitrogen and oxygen atoms in total. The van der Waals surface area contributed by atoms with Crippen LogP contribution in [0.3, 0.4) is 0 Å². The van der Waals surface area contributed by atoms with Crippen LogP contribution < -0.4 is 5.32 Å². The number of amides is 2. The van der Waals surface area contributed by atoms with E-state index >= 15 is 0 Å². The third-order valence-corrected chi connectivity index (χ3v) is 4.55. The highest BCUT2D eigenvalue weighted by Gasteiger charge is 2.33. The smallest absolute Gasteiger partial charge is 0.253 e. The predicted molar refractivity (Wildman–Crippen MR) is 94.1 cm³/mol. The number of fused-ring (bicyclic) bond motifs is 2. The molecule has 1 atom stereocenters. The van der Waals surface area contributed by atoms with E-state index in [0.717, 1.165) is 16.6 Å². The Balaban J connectivity index is 1.53. The molecule has 4 rings (SSSR count). The van der Waals surface area contributed by atoms with Gasteiger partial charge < -0.3 is 15.2 Å². The number of hydrogen-bond donors (Lipinski definition) is 2. The lowest BCUT2D eigenvalue weighted by atomic mass is 9.89. The number of H-pyrrole nitrogens is 1. The third-order valence-electron chi connectivity index (χ3n) is 4.55. The van der Waals surface area contributed by atoms with Gasteiger partial charge in [-0.15, -0.1) is 0 Å². The van der Waals surface area contributed by atoms with Crippen LogP contribution in [-0.4, -0.2) is 40.3 Å². The minimum Gasteiger partial charge on any atom is -0.348 e. The molecule has 6 heteroatoms. The van der Waals surface area contributed by atoms with Crippen LogP contribution in [0.2, 0.25) is 0 Å². The summed E-state index contributed by atoms with van der Waals surface area (Å²) in [6.45, 7) is 0.700. The molecule has 0 saturated carbocycles. The van der Waals surface area contributed by atoms with Crippen LogP contribution in [0.1, 0.15) is 27.7 Å². The Morgan fingerprint density at radius 2 is 2.00 bits per heavy atom. The van der Waals surface area contributed by atoms with Crippen LogP contribution >= 0.6 is 0 Å². The van der Waals surface area contributed by atoms with Gasteiger partial charge in [-0.3, -0.25) is 9.59 Å². The number of carbonyl (C=O) groups excluding carboxylic acids is 2. The van der Waals surface area contributed by atoms with Crippen LogP contribution in [-0.2, 0) is 11.3 Å². The number of likely N-dealkylation sites (N-methyl/N-ethyl adjacent to an activating group) is 1. The number of aromatic nitrogens is 2. The van der Waals surface area contributed by atoms with Gasteiger partial charge in [0.25, 0.3) is 5.91 Å². The Kier molecular flexibility index (Phi) is 3.72. The van der Waals surface area contributed by atoms with Gasteiger partial charge in [-0.25, -0.2) is 4.98 Å². The van der Waals surface area contributed by atoms with E-state index in [0.29, 0.717) is 24.5 Å². The first-order valence-corrected chi connectivity index (χ1v) is 8.19. The van der Waals surface area contributed by atoms with Gasteiger partial charge in [0, 0.05) is 19.2 Å². The van der Waals surface area contributed by atoms with Gasteiger partial charge in [-0.1, -0.05) is 30.3 Å². The van der Waals surface area contributed by atoms with Gasteiger partial charge >= 0.3 is 0 Å². The van der Waals surface area contributed by atoms with Gasteiger partial charge in [0.05, 0.1) is 23.5 Å². The van der Waals surface area contributed by atoms with Gasteiger partial charge in [-0.05, 0) is 23.8 Å². The van der Waals surface area contributed by atoms with Gasteiger partial charge in [0.2, 0.25) is 5.91 Å². The largest absolute Gasteiger partial charge is 0.348 e. The molecule has 0 radical (unpaired) electrons. The van der Waals surface area contributed by atoms with Crippen LogP contribution in [0.15, 0.2) is 48.5 Å². The number of hydrogen-bond acceptors (Lipinski definition) is 3. The van der Waals surface area contributed by atoms with Crippen molar-refractivity contribution in [1.82, 2.24) is 20.2 Å². The zero-order valence-electron chi connectivity index (χ0n) is 13.8. The van der Waals surface area contributed by atoms with Crippen molar-refractivity contribution in [3.63, 3.8) is 0 Å². The maximum Gasteiger partial charge on any atom is 0.253 e. The zero-order valence-corrected chi connectivity index (χ0v) is 13.8. The summed E-state index contributed by atoms with van der Waals surface area (Å²) in [4.78, 5) is 34.2. The van der Waals surface area contributed by atoms with E-state index in [2.05, 4.69) is 15.3 Å². The second-order valence-electron chi connectivity index (χ2n) is 6.24. The Morgan fingerprint density at radius 1 is 1.24 bits per heavy atom. The van der Waals surface area contributed by atoms with E-state index in [4.69, 9.17) is 0 Å². The number of imidazole rings is 1. The topological polar surface area (TPSA) is 78.1 Å². The molecule has 1 aromatic heterocycles. The minimum atomic E-state index is -0.372. The third kappa shape index (κ3) is 2.76. The van der Waals surface area contributed by atoms with E-state index in [1.807, 2.05) is 42.5 Å². The molecule has 1 unspecified atom stereocenters. The highest BCUT2D eigenvalue weighted by molar-refractivity contribution is 6.00. The summed E-state index contributed by atoms with van der Waals surface area (Å²) in [5, 5.41) is 2.94. The standard InChI is InChI=1S/C19H18N4O2/c1-23-11-14(12-6-2-3-7-13(12)19(23)25)18(24)20-10-17-21-15-8-4-5-9-16(15)22-17/h2-9,14H,10-11H2,1H3,(H,20,24)(H,21,22). The molecule has 0 spiro atoms. The summed E-state index contributed by atoms with van der Waals surface area (Å²) in [6.07, 6.45) is 0. The summed E-state index contributed by atoms with van der Waals surface area (Å²) in [6, 6.07) is 15.0. The first-order chi connectivity index (χ1) is 12.1. The van der Waals surface area contributed by atoms with Crippen LogP contribution in [0.25, 0.3) is 11.0 Å². The fourth-order valence-corrected chi connectivity index (χ4v) is 3.26. The molecular formula is C19H18N4O2. The van der Waals surface area contributed by atoms with Crippen LogP contribution in [0.5, 0.6) is 0 Å². The lowest BCUT2D eigenvalue weighted by molar-refractivity contribution is -0.123. The molecule has 25 heavy (non-hydrogen) atoms. The quantitative estimate of drug-likeness (QED) is 0.769. The lowest BCUT2D eigenvalue weighted by Crippen LogP contribution is -2.43. The van der Waals surface area contributed by atoms with Crippen LogP contribution in [0.4, 0.5) is 0 Å². The SMILES string of the molecule is CN1CC(C(=O)NCc2nc3ccccc3[nH]2)c2ccccc2C1=O. The van der Waals surface area contributed by atoms with E-state index in [1.54, 1.807) is 18.0 Å². The first-order valence-electron chi connectivity index (χ1n) is 8.19. The molecule has 0 bridgehead atoms. The molecule has 2 aromatic carbocycles. The predicted octanol–water partition coefficient (Wildman–Crippen LogP) is 2.05. The average Bonchev–Trinajstić information content (AvgIpc) is 3.06. The number of aromatic amines is 1. The molecule has 0 saturated heterocycles. The van der Waals surface area contributed by atoms with Crippen molar-refractivity contribution in [2.45, 2.75) is 12.5 Å². The van der Waals surface area contributed by atoms with Crippen molar-refractivity contribution in [2.75, 3.05) is 13.6 Å². The van der Waals surface area contributed by atoms with Gasteiger partial charge in [-0.2, -0.15) is 0 Å². The van der Waals surface area contributed by atoms with Crippen molar-refractivity contribution in [2.24, 2.45) is 0 Å². The summed E-state index contributed by atoms with van der Waals surface area (Å²) in [5.74, 6) is 0.190. The average molecular weight is 334 g/mol. The van der Waals surface area contributed by atoms with E-state index in [9.17, 15) is 9.59 Å². The highest BCUT2D eigenvalue weighted by atomic mass is 16.2. The Labute approximate surface area is 144 Å². The molecule has 1 aliphatic heterocycles. The molecule has 1 aliphatic rings. The zero-order chi connectivity index (χ0) is 17.4. The molecule has 0 aliphatic carbocycles. The summed E-state index contributed by atoms with van der Waals surface area (Å²) < 4.78 is 0. The molecule has 2 N–H and O–H groups in total. The van der Waals surface area contributed by atoms with E-state index < -0.39 is 0 Å². The van der Waals surface area contributed by atoms with Gasteiger partial charge in [0.1, 0.15) is 5.82 Å². The number of para-hydroxylation sites is 2. The fourth-order valence-electron chi connectivity index (χ4n) is 3.26. The van der Waals surface area contributed by atoms with E-state index in [-0.39, 0.29) is 17.7 Å². The number of carbonyl (C=O) groups is 2. The van der Waals surface area contributed by atoms with Crippen molar-refractivity contribution < 1.29 is 9.59 Å². The summed E-state index contributed by atoms with van der Waals surface area (Å²) >= 11 is 0. The molecule has 0 fully saturated rings. The Hall–Kier alpha value is -3.15. The lowest BCUT2D eigenvalue weighted by Gasteiger charge is -2.31. The second kappa shape index (κ2) is 6.05. The number of nitrogens with one attached hydrogen (secondary N) is 2. The summed E-state index contributed by atoms with van der Waals surface area (Å²) in [5.41, 5.74) is 3.20. The maximum absolute atomic E-state index is 12.7. The highest BCUT2D eigenvalue weighted by Crippen LogP contribution is 2.27. The summed E-state index contributed by atoms with van der Waals surface area (Å²) in [7, 11) is 1.72. The molecular weight excluding hydrogens is 316 g/mol. The van der Waals surface area contributed by atoms with Crippen LogP contribution in [0, 0.1) is 0 Å². The molecule has 3 aromatic rings. The van der Waals surface area contributed by atoms with Crippen molar-refractivity contribution >= 4 is 22.8 Å². The number of rotatable bonds is 3. The number of nitrogens with zero attached hydrogens (tertiary/aromatic N) is 2. The fraction of sp³-hybridized carbons (Fsp3) is 0.211. The second-order valence-corrected chi connectivity index (χ2v) is 6.24. The molecule has 2 amide bonds. The molecule has 126 valence electrons. The Morgan fingerprint density at radius 3 is 2.84 bits per heavy atom. The van der Waals surface area contributed by atoms with E-state index in [1.165, 1.54) is 0 Å². The normalized spacial score (nSPS) is 16.8. The first kappa shape index (κ1) is 15.4. The van der Waals surface area contributed by atoms with Crippen molar-refractivity contribution in [1.29, 1.82) is 0 Å². The van der Waals surface area contributed by atoms with Gasteiger partial charge in [0.15, 0.2) is 0 Å². The monoisotopic (exact) mass is 334 g/mol.